The number of aryl methyl sites for hydroxylation is 3. The number of nitrogens with zero attached hydrogens (tertiary/aromatic N) is 4. The van der Waals surface area contributed by atoms with Gasteiger partial charge in [-0.25, -0.2) is 4.68 Å². The van der Waals surface area contributed by atoms with E-state index in [0.29, 0.717) is 6.54 Å². The standard InChI is InChI=1S/C22H24N4O/c1-15-11-16(2)21(17(3)12-15)22(27)25-10-9-19(13-25)26-14-20(23-24-26)18-7-5-4-6-8-18/h4-8,11-12,14,19H,9-10,13H2,1-3H3. The van der Waals surface area contributed by atoms with Crippen LogP contribution >= 0.6 is 0 Å². The van der Waals surface area contributed by atoms with Crippen LogP contribution in [0.3, 0.4) is 0 Å². The second-order valence-electron chi connectivity index (χ2n) is 7.42. The normalized spacial score (nSPS) is 16.7. The van der Waals surface area contributed by atoms with Crippen molar-refractivity contribution in [2.45, 2.75) is 33.2 Å². The molecule has 1 atom stereocenters. The fourth-order valence-corrected chi connectivity index (χ4v) is 4.01. The highest BCUT2D eigenvalue weighted by Crippen LogP contribution is 2.26. The number of benzene rings is 2. The molecule has 1 aromatic heterocycles. The Labute approximate surface area is 159 Å². The summed E-state index contributed by atoms with van der Waals surface area (Å²) in [5.41, 5.74) is 6.05. The number of aromatic nitrogens is 3. The molecule has 5 heteroatoms. The Kier molecular flexibility index (Phi) is 4.52. The lowest BCUT2D eigenvalue weighted by Crippen LogP contribution is -2.30. The number of amides is 1. The van der Waals surface area contributed by atoms with Crippen LogP contribution in [0.2, 0.25) is 0 Å². The SMILES string of the molecule is Cc1cc(C)c(C(=O)N2CCC(n3cc(-c4ccccc4)nn3)C2)c(C)c1. The third kappa shape index (κ3) is 3.37. The van der Waals surface area contributed by atoms with Crippen LogP contribution in [0.1, 0.15) is 39.5 Å². The van der Waals surface area contributed by atoms with Crippen molar-refractivity contribution in [1.82, 2.24) is 19.9 Å². The van der Waals surface area contributed by atoms with E-state index in [1.54, 1.807) is 0 Å². The van der Waals surface area contributed by atoms with Crippen molar-refractivity contribution in [3.8, 4) is 11.3 Å². The lowest BCUT2D eigenvalue weighted by Gasteiger charge is -2.19. The summed E-state index contributed by atoms with van der Waals surface area (Å²) in [5.74, 6) is 0.121. The minimum atomic E-state index is 0.121. The first-order valence-electron chi connectivity index (χ1n) is 9.37. The molecule has 5 nitrogen and oxygen atoms in total. The summed E-state index contributed by atoms with van der Waals surface area (Å²) >= 11 is 0. The minimum Gasteiger partial charge on any atom is -0.336 e. The third-order valence-corrected chi connectivity index (χ3v) is 5.30. The highest BCUT2D eigenvalue weighted by Gasteiger charge is 2.30. The van der Waals surface area contributed by atoms with Gasteiger partial charge in [0.2, 0.25) is 0 Å². The summed E-state index contributed by atoms with van der Waals surface area (Å²) in [7, 11) is 0. The fourth-order valence-electron chi connectivity index (χ4n) is 4.01. The van der Waals surface area contributed by atoms with Crippen LogP contribution in [0.25, 0.3) is 11.3 Å². The predicted octanol–water partition coefficient (Wildman–Crippen LogP) is 3.96. The molecule has 1 unspecified atom stereocenters. The quantitative estimate of drug-likeness (QED) is 0.710. The molecule has 27 heavy (non-hydrogen) atoms. The van der Waals surface area contributed by atoms with Gasteiger partial charge >= 0.3 is 0 Å². The van der Waals surface area contributed by atoms with Crippen molar-refractivity contribution in [3.05, 3.63) is 70.9 Å². The third-order valence-electron chi connectivity index (χ3n) is 5.30. The van der Waals surface area contributed by atoms with Crippen molar-refractivity contribution in [3.63, 3.8) is 0 Å². The van der Waals surface area contributed by atoms with E-state index >= 15 is 0 Å². The molecular weight excluding hydrogens is 336 g/mol. The summed E-state index contributed by atoms with van der Waals surface area (Å²) in [6.45, 7) is 7.52. The van der Waals surface area contributed by atoms with E-state index < -0.39 is 0 Å². The van der Waals surface area contributed by atoms with E-state index in [0.717, 1.165) is 40.9 Å². The van der Waals surface area contributed by atoms with Crippen LogP contribution in [0.5, 0.6) is 0 Å². The lowest BCUT2D eigenvalue weighted by molar-refractivity contribution is 0.0785. The highest BCUT2D eigenvalue weighted by molar-refractivity contribution is 5.97. The van der Waals surface area contributed by atoms with Gasteiger partial charge in [-0.1, -0.05) is 53.2 Å². The van der Waals surface area contributed by atoms with Gasteiger partial charge in [-0.05, 0) is 38.3 Å². The molecule has 0 spiro atoms. The molecule has 3 aromatic rings. The zero-order chi connectivity index (χ0) is 19.0. The van der Waals surface area contributed by atoms with E-state index in [-0.39, 0.29) is 11.9 Å². The van der Waals surface area contributed by atoms with Crippen molar-refractivity contribution in [2.75, 3.05) is 13.1 Å². The first kappa shape index (κ1) is 17.5. The van der Waals surface area contributed by atoms with Crippen LogP contribution in [0.15, 0.2) is 48.7 Å². The van der Waals surface area contributed by atoms with E-state index in [2.05, 4.69) is 29.4 Å². The van der Waals surface area contributed by atoms with Gasteiger partial charge in [-0.3, -0.25) is 4.79 Å². The van der Waals surface area contributed by atoms with Crippen LogP contribution in [0, 0.1) is 20.8 Å². The molecule has 1 amide bonds. The number of hydrogen-bond donors (Lipinski definition) is 0. The van der Waals surface area contributed by atoms with Crippen molar-refractivity contribution >= 4 is 5.91 Å². The Morgan fingerprint density at radius 1 is 1.07 bits per heavy atom. The number of carbonyl (C=O) groups excluding carboxylic acids is 1. The van der Waals surface area contributed by atoms with Crippen molar-refractivity contribution in [1.29, 1.82) is 0 Å². The van der Waals surface area contributed by atoms with Crippen LogP contribution in [-0.2, 0) is 0 Å². The van der Waals surface area contributed by atoms with Gasteiger partial charge in [-0.15, -0.1) is 5.10 Å². The molecule has 0 saturated carbocycles. The van der Waals surface area contributed by atoms with Crippen LogP contribution < -0.4 is 0 Å². The summed E-state index contributed by atoms with van der Waals surface area (Å²) < 4.78 is 1.91. The predicted molar refractivity (Wildman–Crippen MR) is 106 cm³/mol. The Hall–Kier alpha value is -2.95. The molecule has 0 bridgehead atoms. The summed E-state index contributed by atoms with van der Waals surface area (Å²) in [4.78, 5) is 15.0. The average Bonchev–Trinajstić information content (AvgIpc) is 3.31. The first-order chi connectivity index (χ1) is 13.0. The first-order valence-corrected chi connectivity index (χ1v) is 9.37. The molecule has 2 heterocycles. The zero-order valence-electron chi connectivity index (χ0n) is 16.0. The van der Waals surface area contributed by atoms with Gasteiger partial charge < -0.3 is 4.90 Å². The smallest absolute Gasteiger partial charge is 0.254 e. The van der Waals surface area contributed by atoms with E-state index in [1.165, 1.54) is 5.56 Å². The Morgan fingerprint density at radius 3 is 2.48 bits per heavy atom. The molecule has 138 valence electrons. The molecule has 2 aromatic carbocycles. The highest BCUT2D eigenvalue weighted by atomic mass is 16.2. The molecular formula is C22H24N4O. The Bertz CT molecular complexity index is 954. The largest absolute Gasteiger partial charge is 0.336 e. The molecule has 0 N–H and O–H groups in total. The zero-order valence-corrected chi connectivity index (χ0v) is 16.0. The van der Waals surface area contributed by atoms with Crippen LogP contribution in [0.4, 0.5) is 0 Å². The molecule has 4 rings (SSSR count). The van der Waals surface area contributed by atoms with Gasteiger partial charge in [0.1, 0.15) is 5.69 Å². The number of rotatable bonds is 3. The minimum absolute atomic E-state index is 0.121. The van der Waals surface area contributed by atoms with Gasteiger partial charge in [0.15, 0.2) is 0 Å². The molecule has 1 saturated heterocycles. The molecule has 0 aliphatic carbocycles. The number of likely N-dealkylation sites (tertiary alicyclic amines) is 1. The molecule has 1 aliphatic heterocycles. The summed E-state index contributed by atoms with van der Waals surface area (Å²) in [6, 6.07) is 14.4. The van der Waals surface area contributed by atoms with Gasteiger partial charge in [0.05, 0.1) is 12.2 Å². The second kappa shape index (κ2) is 6.99. The molecule has 0 radical (unpaired) electrons. The summed E-state index contributed by atoms with van der Waals surface area (Å²) in [5, 5.41) is 8.62. The topological polar surface area (TPSA) is 51.0 Å². The maximum absolute atomic E-state index is 13.1. The van der Waals surface area contributed by atoms with Gasteiger partial charge in [0, 0.05) is 24.2 Å². The molecule has 1 fully saturated rings. The molecule has 1 aliphatic rings. The maximum Gasteiger partial charge on any atom is 0.254 e. The van der Waals surface area contributed by atoms with Gasteiger partial charge in [-0.2, -0.15) is 0 Å². The monoisotopic (exact) mass is 360 g/mol. The summed E-state index contributed by atoms with van der Waals surface area (Å²) in [6.07, 6.45) is 2.88. The van der Waals surface area contributed by atoms with E-state index in [4.69, 9.17) is 0 Å². The lowest BCUT2D eigenvalue weighted by atomic mass is 9.99. The van der Waals surface area contributed by atoms with Crippen LogP contribution in [-0.4, -0.2) is 38.9 Å². The second-order valence-corrected chi connectivity index (χ2v) is 7.42. The number of hydrogen-bond acceptors (Lipinski definition) is 3. The number of carbonyl (C=O) groups is 1. The maximum atomic E-state index is 13.1. The Balaban J connectivity index is 1.51. The van der Waals surface area contributed by atoms with Crippen molar-refractivity contribution in [2.24, 2.45) is 0 Å². The van der Waals surface area contributed by atoms with Crippen molar-refractivity contribution < 1.29 is 4.79 Å². The van der Waals surface area contributed by atoms with E-state index in [9.17, 15) is 4.79 Å². The average molecular weight is 360 g/mol. The van der Waals surface area contributed by atoms with Gasteiger partial charge in [0.25, 0.3) is 5.91 Å². The Morgan fingerprint density at radius 2 is 1.78 bits per heavy atom. The fraction of sp³-hybridized carbons (Fsp3) is 0.318. The van der Waals surface area contributed by atoms with E-state index in [1.807, 2.05) is 60.0 Å².